The summed E-state index contributed by atoms with van der Waals surface area (Å²) >= 11 is 0. The van der Waals surface area contributed by atoms with E-state index >= 15 is 0 Å². The van der Waals surface area contributed by atoms with Crippen LogP contribution in [0, 0.1) is 0 Å². The van der Waals surface area contributed by atoms with Crippen molar-refractivity contribution in [2.45, 2.75) is 26.3 Å². The molecule has 1 N–H and O–H groups in total. The van der Waals surface area contributed by atoms with Gasteiger partial charge in [-0.2, -0.15) is 0 Å². The second-order valence-electron chi connectivity index (χ2n) is 8.21. The van der Waals surface area contributed by atoms with E-state index in [2.05, 4.69) is 18.7 Å². The number of rotatable bonds is 11. The van der Waals surface area contributed by atoms with Crippen molar-refractivity contribution in [3.05, 3.63) is 59.2 Å². The molecule has 2 aromatic rings. The summed E-state index contributed by atoms with van der Waals surface area (Å²) in [6.45, 7) is 7.11. The van der Waals surface area contributed by atoms with Crippen molar-refractivity contribution in [2.75, 3.05) is 47.5 Å². The quantitative estimate of drug-likeness (QED) is 0.296. The van der Waals surface area contributed by atoms with Crippen LogP contribution in [0.15, 0.2) is 48.0 Å². The number of amides is 1. The van der Waals surface area contributed by atoms with Gasteiger partial charge in [0, 0.05) is 17.7 Å². The first kappa shape index (κ1) is 26.1. The molecule has 0 aliphatic carbocycles. The molecule has 3 rings (SSSR count). The summed E-state index contributed by atoms with van der Waals surface area (Å²) in [6, 6.07) is 11.1. The number of nitrogens with zero attached hydrogens (tertiary/aromatic N) is 2. The fourth-order valence-electron chi connectivity index (χ4n) is 4.42. The molecule has 1 heterocycles. The number of carbonyl (C=O) groups is 2. The van der Waals surface area contributed by atoms with E-state index in [0.717, 1.165) is 19.6 Å². The van der Waals surface area contributed by atoms with Gasteiger partial charge in [-0.15, -0.1) is 0 Å². The Hall–Kier alpha value is -3.52. The Labute approximate surface area is 206 Å². The molecular formula is C27H34N2O6. The minimum Gasteiger partial charge on any atom is -0.507 e. The zero-order valence-corrected chi connectivity index (χ0v) is 21.0. The van der Waals surface area contributed by atoms with Gasteiger partial charge in [-0.1, -0.05) is 26.0 Å². The number of ketones is 1. The van der Waals surface area contributed by atoms with E-state index in [9.17, 15) is 14.7 Å². The van der Waals surface area contributed by atoms with Gasteiger partial charge in [0.15, 0.2) is 0 Å². The number of carbonyl (C=O) groups excluding carboxylic acids is 2. The third kappa shape index (κ3) is 5.43. The molecule has 0 aromatic heterocycles. The summed E-state index contributed by atoms with van der Waals surface area (Å²) in [5.74, 6) is -0.0767. The fourth-order valence-corrected chi connectivity index (χ4v) is 4.42. The van der Waals surface area contributed by atoms with Crippen molar-refractivity contribution in [3.8, 4) is 17.2 Å². The molecule has 0 bridgehead atoms. The summed E-state index contributed by atoms with van der Waals surface area (Å²) in [5, 5.41) is 11.3. The van der Waals surface area contributed by atoms with Gasteiger partial charge in [0.05, 0.1) is 32.9 Å². The average molecular weight is 483 g/mol. The second kappa shape index (κ2) is 11.8. The average Bonchev–Trinajstić information content (AvgIpc) is 3.15. The van der Waals surface area contributed by atoms with Crippen molar-refractivity contribution in [3.63, 3.8) is 0 Å². The molecule has 1 aliphatic heterocycles. The molecule has 35 heavy (non-hydrogen) atoms. The van der Waals surface area contributed by atoms with Crippen LogP contribution in [-0.4, -0.2) is 74.1 Å². The molecule has 1 amide bonds. The lowest BCUT2D eigenvalue weighted by molar-refractivity contribution is -0.140. The first-order valence-corrected chi connectivity index (χ1v) is 11.8. The molecule has 188 valence electrons. The highest BCUT2D eigenvalue weighted by Gasteiger charge is 2.47. The summed E-state index contributed by atoms with van der Waals surface area (Å²) in [6.07, 6.45) is 0.677. The third-order valence-electron chi connectivity index (χ3n) is 6.38. The van der Waals surface area contributed by atoms with E-state index in [1.54, 1.807) is 49.6 Å². The van der Waals surface area contributed by atoms with Crippen molar-refractivity contribution in [1.29, 1.82) is 0 Å². The van der Waals surface area contributed by atoms with Crippen molar-refractivity contribution in [2.24, 2.45) is 0 Å². The Morgan fingerprint density at radius 2 is 1.66 bits per heavy atom. The van der Waals surface area contributed by atoms with Crippen molar-refractivity contribution < 1.29 is 28.9 Å². The van der Waals surface area contributed by atoms with Crippen LogP contribution in [0.1, 0.15) is 37.4 Å². The van der Waals surface area contributed by atoms with E-state index in [0.29, 0.717) is 41.3 Å². The Bertz CT molecular complexity index is 1090. The van der Waals surface area contributed by atoms with Crippen molar-refractivity contribution >= 4 is 17.4 Å². The SMILES string of the molecule is CCN(CC)CCCN1C(=O)C(=O)/C(=C(\O)c2cccc(OC)c2)C1c1cc(OC)ccc1OC. The molecule has 1 saturated heterocycles. The monoisotopic (exact) mass is 482 g/mol. The highest BCUT2D eigenvalue weighted by atomic mass is 16.5. The van der Waals surface area contributed by atoms with Crippen molar-refractivity contribution in [1.82, 2.24) is 9.80 Å². The molecule has 8 heteroatoms. The summed E-state index contributed by atoms with van der Waals surface area (Å²) in [7, 11) is 4.60. The van der Waals surface area contributed by atoms with Gasteiger partial charge in [0.25, 0.3) is 11.7 Å². The van der Waals surface area contributed by atoms with Gasteiger partial charge in [0.1, 0.15) is 23.0 Å². The summed E-state index contributed by atoms with van der Waals surface area (Å²) in [4.78, 5) is 30.3. The highest BCUT2D eigenvalue weighted by molar-refractivity contribution is 6.46. The molecule has 0 saturated carbocycles. The second-order valence-corrected chi connectivity index (χ2v) is 8.21. The highest BCUT2D eigenvalue weighted by Crippen LogP contribution is 2.44. The number of aliphatic hydroxyl groups is 1. The van der Waals surface area contributed by atoms with E-state index < -0.39 is 17.7 Å². The molecule has 1 fully saturated rings. The number of hydrogen-bond acceptors (Lipinski definition) is 7. The van der Waals surface area contributed by atoms with Crippen LogP contribution in [0.5, 0.6) is 17.2 Å². The van der Waals surface area contributed by atoms with E-state index in [4.69, 9.17) is 14.2 Å². The van der Waals surface area contributed by atoms with Gasteiger partial charge in [-0.05, 0) is 56.4 Å². The minimum absolute atomic E-state index is 0.0117. The Balaban J connectivity index is 2.14. The van der Waals surface area contributed by atoms with Crippen LogP contribution in [-0.2, 0) is 9.59 Å². The van der Waals surface area contributed by atoms with Gasteiger partial charge >= 0.3 is 0 Å². The normalized spacial score (nSPS) is 17.2. The number of ether oxygens (including phenoxy) is 3. The number of methoxy groups -OCH3 is 3. The molecular weight excluding hydrogens is 448 g/mol. The van der Waals surface area contributed by atoms with E-state index in [-0.39, 0.29) is 11.3 Å². The summed E-state index contributed by atoms with van der Waals surface area (Å²) in [5.41, 5.74) is 0.966. The number of hydrogen-bond donors (Lipinski definition) is 1. The molecule has 1 unspecified atom stereocenters. The maximum atomic E-state index is 13.3. The third-order valence-corrected chi connectivity index (χ3v) is 6.38. The largest absolute Gasteiger partial charge is 0.507 e. The zero-order chi connectivity index (χ0) is 25.5. The van der Waals surface area contributed by atoms with E-state index in [1.165, 1.54) is 19.1 Å². The Morgan fingerprint density at radius 1 is 0.971 bits per heavy atom. The lowest BCUT2D eigenvalue weighted by Gasteiger charge is -2.28. The topological polar surface area (TPSA) is 88.5 Å². The smallest absolute Gasteiger partial charge is 0.295 e. The lowest BCUT2D eigenvalue weighted by atomic mass is 9.94. The molecule has 8 nitrogen and oxygen atoms in total. The Morgan fingerprint density at radius 3 is 2.29 bits per heavy atom. The van der Waals surface area contributed by atoms with Crippen LogP contribution in [0.4, 0.5) is 0 Å². The maximum Gasteiger partial charge on any atom is 0.295 e. The first-order chi connectivity index (χ1) is 16.9. The minimum atomic E-state index is -0.831. The predicted octanol–water partition coefficient (Wildman–Crippen LogP) is 3.87. The van der Waals surface area contributed by atoms with Gasteiger partial charge in [-0.3, -0.25) is 9.59 Å². The van der Waals surface area contributed by atoms with Gasteiger partial charge in [0.2, 0.25) is 0 Å². The number of benzene rings is 2. The lowest BCUT2D eigenvalue weighted by Crippen LogP contribution is -2.33. The van der Waals surface area contributed by atoms with Crippen LogP contribution in [0.25, 0.3) is 5.76 Å². The van der Waals surface area contributed by atoms with Gasteiger partial charge in [-0.25, -0.2) is 0 Å². The standard InChI is InChI=1S/C27H34N2O6/c1-6-28(7-2)14-9-15-29-24(21-17-20(34-4)12-13-22(21)35-5)23(26(31)27(29)32)25(30)18-10-8-11-19(16-18)33-3/h8,10-13,16-17,24,30H,6-7,9,14-15H2,1-5H3/b25-23-. The molecule has 1 atom stereocenters. The predicted molar refractivity (Wildman–Crippen MR) is 134 cm³/mol. The number of Topliss-reactive ketones (excluding diaryl/α,β-unsaturated/α-hetero) is 1. The van der Waals surface area contributed by atoms with Gasteiger partial charge < -0.3 is 29.1 Å². The van der Waals surface area contributed by atoms with Crippen LogP contribution >= 0.6 is 0 Å². The molecule has 0 radical (unpaired) electrons. The van der Waals surface area contributed by atoms with Crippen LogP contribution in [0.2, 0.25) is 0 Å². The zero-order valence-electron chi connectivity index (χ0n) is 21.0. The Kier molecular flexibility index (Phi) is 8.76. The molecule has 0 spiro atoms. The fraction of sp³-hybridized carbons (Fsp3) is 0.407. The number of likely N-dealkylation sites (tertiary alicyclic amines) is 1. The summed E-state index contributed by atoms with van der Waals surface area (Å²) < 4.78 is 16.3. The number of aliphatic hydroxyl groups excluding tert-OH is 1. The van der Waals surface area contributed by atoms with Crippen LogP contribution in [0.3, 0.4) is 0 Å². The van der Waals surface area contributed by atoms with Crippen LogP contribution < -0.4 is 14.2 Å². The first-order valence-electron chi connectivity index (χ1n) is 11.8. The van der Waals surface area contributed by atoms with E-state index in [1.807, 2.05) is 0 Å². The molecule has 1 aliphatic rings. The molecule has 2 aromatic carbocycles. The maximum absolute atomic E-state index is 13.3.